The maximum atomic E-state index is 12.4. The van der Waals surface area contributed by atoms with Gasteiger partial charge in [0.2, 0.25) is 0 Å². The van der Waals surface area contributed by atoms with Gasteiger partial charge in [-0.05, 0) is 33.8 Å². The van der Waals surface area contributed by atoms with Gasteiger partial charge in [0.1, 0.15) is 11.8 Å². The fraction of sp³-hybridized carbons (Fsp3) is 0.353. The molecule has 3 aromatic heterocycles. The number of ether oxygens (including phenoxy) is 1. The molecule has 0 bridgehead atoms. The molecule has 1 amide bonds. The first kappa shape index (κ1) is 17.6. The van der Waals surface area contributed by atoms with Crippen LogP contribution in [0.2, 0.25) is 0 Å². The quantitative estimate of drug-likeness (QED) is 0.676. The van der Waals surface area contributed by atoms with Gasteiger partial charge in [-0.2, -0.15) is 0 Å². The van der Waals surface area contributed by atoms with Crippen LogP contribution >= 0.6 is 0 Å². The number of amides is 1. The summed E-state index contributed by atoms with van der Waals surface area (Å²) >= 11 is 0. The third-order valence-corrected chi connectivity index (χ3v) is 4.23. The minimum Gasteiger partial charge on any atom is -0.449 e. The molecule has 3 heterocycles. The predicted octanol–water partition coefficient (Wildman–Crippen LogP) is 1.98. The van der Waals surface area contributed by atoms with E-state index < -0.39 is 18.0 Å². The maximum Gasteiger partial charge on any atom is 0.340 e. The minimum atomic E-state index is -0.986. The normalized spacial score (nSPS) is 12.2. The summed E-state index contributed by atoms with van der Waals surface area (Å²) in [5.74, 6) is -0.739. The minimum absolute atomic E-state index is 0.282. The molecule has 0 radical (unpaired) electrons. The van der Waals surface area contributed by atoms with Gasteiger partial charge in [-0.3, -0.25) is 4.79 Å². The zero-order chi connectivity index (χ0) is 18.8. The summed E-state index contributed by atoms with van der Waals surface area (Å²) in [5.41, 5.74) is 3.19. The molecule has 0 aliphatic carbocycles. The van der Waals surface area contributed by atoms with Crippen LogP contribution in [0.4, 0.5) is 5.82 Å². The Morgan fingerprint density at radius 1 is 1.31 bits per heavy atom. The average molecular weight is 356 g/mol. The monoisotopic (exact) mass is 356 g/mol. The molecule has 26 heavy (non-hydrogen) atoms. The second-order valence-electron chi connectivity index (χ2n) is 5.89. The molecule has 1 atom stereocenters. The van der Waals surface area contributed by atoms with E-state index in [9.17, 15) is 9.59 Å². The van der Waals surface area contributed by atoms with E-state index in [1.54, 1.807) is 6.07 Å². The number of esters is 1. The Bertz CT molecular complexity index is 974. The molecule has 9 heteroatoms. The van der Waals surface area contributed by atoms with Crippen molar-refractivity contribution >= 4 is 28.9 Å². The lowest BCUT2D eigenvalue weighted by atomic mass is 10.2. The fourth-order valence-corrected chi connectivity index (χ4v) is 2.85. The third kappa shape index (κ3) is 3.15. The van der Waals surface area contributed by atoms with Gasteiger partial charge in [-0.25, -0.2) is 19.7 Å². The molecule has 2 N–H and O–H groups in total. The predicted molar refractivity (Wildman–Crippen MR) is 94.8 cm³/mol. The molecule has 1 unspecified atom stereocenters. The number of aromatic amines is 1. The van der Waals surface area contributed by atoms with E-state index in [-0.39, 0.29) is 5.82 Å². The Labute approximate surface area is 149 Å². The van der Waals surface area contributed by atoms with Gasteiger partial charge in [0.05, 0.1) is 11.9 Å². The average Bonchev–Trinajstić information content (AvgIpc) is 3.19. The van der Waals surface area contributed by atoms with Crippen molar-refractivity contribution < 1.29 is 14.3 Å². The third-order valence-electron chi connectivity index (χ3n) is 4.23. The summed E-state index contributed by atoms with van der Waals surface area (Å²) in [5, 5.41) is 2.63. The van der Waals surface area contributed by atoms with Crippen LogP contribution in [0.1, 0.15) is 35.6 Å². The van der Waals surface area contributed by atoms with E-state index in [4.69, 9.17) is 4.74 Å². The Hall–Kier alpha value is -3.23. The van der Waals surface area contributed by atoms with Crippen molar-refractivity contribution in [2.45, 2.75) is 40.3 Å². The summed E-state index contributed by atoms with van der Waals surface area (Å²) in [4.78, 5) is 39.7. The number of carbonyl (C=O) groups is 2. The Kier molecular flexibility index (Phi) is 4.70. The SMILES string of the molecule is CCn1c(C)cc(C(=O)OC(C)C(=O)Nc2ncnc3nc[nH]c23)c1C. The topological polar surface area (TPSA) is 115 Å². The molecular formula is C17H20N6O3. The number of rotatable bonds is 5. The number of nitrogens with zero attached hydrogens (tertiary/aromatic N) is 4. The van der Waals surface area contributed by atoms with Crippen LogP contribution in [0.5, 0.6) is 0 Å². The largest absolute Gasteiger partial charge is 0.449 e. The van der Waals surface area contributed by atoms with E-state index in [0.717, 1.165) is 17.9 Å². The highest BCUT2D eigenvalue weighted by atomic mass is 16.5. The standard InChI is InChI=1S/C17H20N6O3/c1-5-23-9(2)6-12(10(23)3)17(25)26-11(4)16(24)22-15-13-14(19-7-18-13)20-8-21-15/h6-8,11H,5H2,1-4H3,(H2,18,19,20,21,22,24). The van der Waals surface area contributed by atoms with Crippen molar-refractivity contribution in [2.75, 3.05) is 5.32 Å². The number of anilines is 1. The van der Waals surface area contributed by atoms with E-state index in [1.165, 1.54) is 19.6 Å². The van der Waals surface area contributed by atoms with Crippen molar-refractivity contribution in [3.05, 3.63) is 35.7 Å². The molecule has 0 saturated carbocycles. The molecule has 0 saturated heterocycles. The number of hydrogen-bond acceptors (Lipinski definition) is 6. The first-order chi connectivity index (χ1) is 12.4. The molecule has 3 aromatic rings. The zero-order valence-electron chi connectivity index (χ0n) is 15.0. The molecule has 3 rings (SSSR count). The van der Waals surface area contributed by atoms with Crippen molar-refractivity contribution in [3.63, 3.8) is 0 Å². The first-order valence-corrected chi connectivity index (χ1v) is 8.25. The lowest BCUT2D eigenvalue weighted by Gasteiger charge is -2.13. The molecule has 0 aliphatic heterocycles. The number of fused-ring (bicyclic) bond motifs is 1. The highest BCUT2D eigenvalue weighted by Gasteiger charge is 2.23. The summed E-state index contributed by atoms with van der Waals surface area (Å²) in [7, 11) is 0. The van der Waals surface area contributed by atoms with Crippen LogP contribution in [0.3, 0.4) is 0 Å². The highest BCUT2D eigenvalue weighted by molar-refractivity contribution is 6.00. The number of carbonyl (C=O) groups excluding carboxylic acids is 2. The maximum absolute atomic E-state index is 12.4. The Morgan fingerprint density at radius 3 is 2.77 bits per heavy atom. The number of aryl methyl sites for hydroxylation is 1. The smallest absolute Gasteiger partial charge is 0.340 e. The van der Waals surface area contributed by atoms with Gasteiger partial charge in [-0.1, -0.05) is 0 Å². The second-order valence-corrected chi connectivity index (χ2v) is 5.89. The second kappa shape index (κ2) is 6.95. The van der Waals surface area contributed by atoms with Gasteiger partial charge >= 0.3 is 5.97 Å². The summed E-state index contributed by atoms with van der Waals surface area (Å²) < 4.78 is 7.34. The summed E-state index contributed by atoms with van der Waals surface area (Å²) in [6.07, 6.45) is 1.77. The number of nitrogens with one attached hydrogen (secondary N) is 2. The van der Waals surface area contributed by atoms with Gasteiger partial charge < -0.3 is 19.6 Å². The van der Waals surface area contributed by atoms with Gasteiger partial charge in [0, 0.05) is 17.9 Å². The van der Waals surface area contributed by atoms with Crippen LogP contribution in [0.15, 0.2) is 18.7 Å². The molecular weight excluding hydrogens is 336 g/mol. The first-order valence-electron chi connectivity index (χ1n) is 8.25. The van der Waals surface area contributed by atoms with Gasteiger partial charge in [0.15, 0.2) is 17.6 Å². The van der Waals surface area contributed by atoms with Crippen molar-refractivity contribution in [2.24, 2.45) is 0 Å². The van der Waals surface area contributed by atoms with Crippen molar-refractivity contribution in [1.29, 1.82) is 0 Å². The van der Waals surface area contributed by atoms with Crippen LogP contribution < -0.4 is 5.32 Å². The van der Waals surface area contributed by atoms with Crippen LogP contribution in [-0.2, 0) is 16.1 Å². The molecule has 136 valence electrons. The van der Waals surface area contributed by atoms with Crippen molar-refractivity contribution in [3.8, 4) is 0 Å². The number of imidazole rings is 1. The highest BCUT2D eigenvalue weighted by Crippen LogP contribution is 2.18. The zero-order valence-corrected chi connectivity index (χ0v) is 15.0. The number of hydrogen-bond donors (Lipinski definition) is 2. The molecule has 0 spiro atoms. The summed E-state index contributed by atoms with van der Waals surface area (Å²) in [6.45, 7) is 8.05. The summed E-state index contributed by atoms with van der Waals surface area (Å²) in [6, 6.07) is 1.77. The molecule has 0 aliphatic rings. The van der Waals surface area contributed by atoms with E-state index >= 15 is 0 Å². The molecule has 9 nitrogen and oxygen atoms in total. The number of H-pyrrole nitrogens is 1. The van der Waals surface area contributed by atoms with E-state index in [0.29, 0.717) is 16.7 Å². The van der Waals surface area contributed by atoms with Gasteiger partial charge in [-0.15, -0.1) is 0 Å². The van der Waals surface area contributed by atoms with Crippen LogP contribution in [-0.4, -0.2) is 42.5 Å². The lowest BCUT2D eigenvalue weighted by Crippen LogP contribution is -2.30. The van der Waals surface area contributed by atoms with Crippen LogP contribution in [0, 0.1) is 13.8 Å². The van der Waals surface area contributed by atoms with E-state index in [2.05, 4.69) is 25.3 Å². The Balaban J connectivity index is 1.71. The van der Waals surface area contributed by atoms with Crippen LogP contribution in [0.25, 0.3) is 11.2 Å². The van der Waals surface area contributed by atoms with Gasteiger partial charge in [0.25, 0.3) is 5.91 Å². The van der Waals surface area contributed by atoms with Crippen molar-refractivity contribution in [1.82, 2.24) is 24.5 Å². The fourth-order valence-electron chi connectivity index (χ4n) is 2.85. The molecule has 0 aromatic carbocycles. The van der Waals surface area contributed by atoms with E-state index in [1.807, 2.05) is 25.3 Å². The lowest BCUT2D eigenvalue weighted by molar-refractivity contribution is -0.123. The Morgan fingerprint density at radius 2 is 2.08 bits per heavy atom. The molecule has 0 fully saturated rings. The number of aromatic nitrogens is 5.